The molecule has 0 saturated heterocycles. The molecular formula is C13H16BrNO3. The molecule has 1 aliphatic carbocycles. The Bertz CT molecular complexity index is 458. The third-order valence-corrected chi connectivity index (χ3v) is 3.94. The minimum Gasteiger partial charge on any atom is -0.496 e. The van der Waals surface area contributed by atoms with Crippen molar-refractivity contribution in [3.05, 3.63) is 28.2 Å². The molecule has 0 amide bonds. The number of carboxylic acids is 1. The predicted octanol–water partition coefficient (Wildman–Crippen LogP) is 2.41. The molecule has 2 rings (SSSR count). The van der Waals surface area contributed by atoms with Gasteiger partial charge in [-0.05, 0) is 46.5 Å². The summed E-state index contributed by atoms with van der Waals surface area (Å²) in [7, 11) is 1.63. The van der Waals surface area contributed by atoms with E-state index < -0.39 is 11.4 Å². The monoisotopic (exact) mass is 313 g/mol. The van der Waals surface area contributed by atoms with Crippen molar-refractivity contribution in [2.24, 2.45) is 5.41 Å². The van der Waals surface area contributed by atoms with Gasteiger partial charge in [-0.2, -0.15) is 0 Å². The summed E-state index contributed by atoms with van der Waals surface area (Å²) in [5.41, 5.74) is 0.591. The first-order valence-electron chi connectivity index (χ1n) is 5.84. The Kier molecular flexibility index (Phi) is 3.92. The fourth-order valence-corrected chi connectivity index (χ4v) is 2.47. The van der Waals surface area contributed by atoms with Crippen molar-refractivity contribution in [1.82, 2.24) is 5.32 Å². The fraction of sp³-hybridized carbons (Fsp3) is 0.462. The number of rotatable bonds is 6. The van der Waals surface area contributed by atoms with Gasteiger partial charge < -0.3 is 15.2 Å². The van der Waals surface area contributed by atoms with Gasteiger partial charge in [0, 0.05) is 13.1 Å². The van der Waals surface area contributed by atoms with Crippen molar-refractivity contribution >= 4 is 21.9 Å². The van der Waals surface area contributed by atoms with Crippen molar-refractivity contribution in [3.63, 3.8) is 0 Å². The molecule has 2 N–H and O–H groups in total. The van der Waals surface area contributed by atoms with Crippen LogP contribution in [0.1, 0.15) is 18.4 Å². The number of halogens is 1. The van der Waals surface area contributed by atoms with Crippen molar-refractivity contribution in [3.8, 4) is 5.75 Å². The number of carboxylic acid groups (broad SMARTS) is 1. The minimum absolute atomic E-state index is 0.510. The van der Waals surface area contributed by atoms with Crippen molar-refractivity contribution in [2.45, 2.75) is 19.4 Å². The lowest BCUT2D eigenvalue weighted by molar-refractivity contribution is -0.143. The number of ether oxygens (including phenoxy) is 1. The van der Waals surface area contributed by atoms with E-state index in [4.69, 9.17) is 9.84 Å². The molecule has 18 heavy (non-hydrogen) atoms. The Balaban J connectivity index is 1.87. The van der Waals surface area contributed by atoms with Gasteiger partial charge in [0.1, 0.15) is 5.75 Å². The first kappa shape index (κ1) is 13.4. The molecule has 0 aliphatic heterocycles. The van der Waals surface area contributed by atoms with E-state index in [1.54, 1.807) is 7.11 Å². The second-order valence-corrected chi connectivity index (χ2v) is 5.51. The molecule has 0 heterocycles. The van der Waals surface area contributed by atoms with Gasteiger partial charge in [0.15, 0.2) is 0 Å². The molecule has 0 bridgehead atoms. The zero-order valence-electron chi connectivity index (χ0n) is 10.2. The first-order chi connectivity index (χ1) is 8.57. The molecular weight excluding hydrogens is 298 g/mol. The molecule has 0 aromatic heterocycles. The molecule has 4 nitrogen and oxygen atoms in total. The second-order valence-electron chi connectivity index (χ2n) is 4.66. The lowest BCUT2D eigenvalue weighted by atomic mass is 10.1. The van der Waals surface area contributed by atoms with E-state index in [1.165, 1.54) is 0 Å². The van der Waals surface area contributed by atoms with Crippen LogP contribution in [0.25, 0.3) is 0 Å². The van der Waals surface area contributed by atoms with Crippen LogP contribution in [0.3, 0.4) is 0 Å². The summed E-state index contributed by atoms with van der Waals surface area (Å²) in [4.78, 5) is 11.0. The molecule has 98 valence electrons. The maximum atomic E-state index is 11.0. The first-order valence-corrected chi connectivity index (χ1v) is 6.63. The summed E-state index contributed by atoms with van der Waals surface area (Å²) >= 11 is 3.43. The molecule has 1 aromatic rings. The highest BCUT2D eigenvalue weighted by Gasteiger charge is 2.49. The third-order valence-electron chi connectivity index (χ3n) is 3.32. The molecule has 0 radical (unpaired) electrons. The van der Waals surface area contributed by atoms with Crippen LogP contribution >= 0.6 is 15.9 Å². The van der Waals surface area contributed by atoms with Gasteiger partial charge in [-0.3, -0.25) is 4.79 Å². The second kappa shape index (κ2) is 5.28. The maximum absolute atomic E-state index is 11.0. The number of nitrogens with one attached hydrogen (secondary N) is 1. The number of aliphatic carboxylic acids is 1. The standard InChI is InChI=1S/C13H16BrNO3/c1-18-11-3-2-9(6-10(11)14)7-15-8-13(4-5-13)12(16)17/h2-3,6,15H,4-5,7-8H2,1H3,(H,16,17). The minimum atomic E-state index is -0.689. The van der Waals surface area contributed by atoms with Crippen LogP contribution in [0.5, 0.6) is 5.75 Å². The Hall–Kier alpha value is -1.07. The summed E-state index contributed by atoms with van der Waals surface area (Å²) < 4.78 is 6.06. The number of hydrogen-bond acceptors (Lipinski definition) is 3. The molecule has 1 aliphatic rings. The number of benzene rings is 1. The fourth-order valence-electron chi connectivity index (χ4n) is 1.88. The average Bonchev–Trinajstić information content (AvgIpc) is 3.10. The lowest BCUT2D eigenvalue weighted by Gasteiger charge is -2.11. The quantitative estimate of drug-likeness (QED) is 0.846. The smallest absolute Gasteiger partial charge is 0.310 e. The van der Waals surface area contributed by atoms with Gasteiger partial charge in [-0.1, -0.05) is 6.07 Å². The molecule has 1 saturated carbocycles. The van der Waals surface area contributed by atoms with E-state index in [0.29, 0.717) is 13.1 Å². The van der Waals surface area contributed by atoms with Crippen LogP contribution in [0.4, 0.5) is 0 Å². The predicted molar refractivity (Wildman–Crippen MR) is 71.7 cm³/mol. The SMILES string of the molecule is COc1ccc(CNCC2(C(=O)O)CC2)cc1Br. The zero-order valence-corrected chi connectivity index (χ0v) is 11.8. The summed E-state index contributed by atoms with van der Waals surface area (Å²) in [6.45, 7) is 1.20. The van der Waals surface area contributed by atoms with Crippen molar-refractivity contribution in [1.29, 1.82) is 0 Å². The Labute approximate surface area is 114 Å². The Morgan fingerprint density at radius 1 is 1.56 bits per heavy atom. The molecule has 0 unspecified atom stereocenters. The average molecular weight is 314 g/mol. The zero-order chi connectivity index (χ0) is 13.2. The van der Waals surface area contributed by atoms with Gasteiger partial charge >= 0.3 is 5.97 Å². The topological polar surface area (TPSA) is 58.6 Å². The summed E-state index contributed by atoms with van der Waals surface area (Å²) in [6, 6.07) is 5.84. The Morgan fingerprint density at radius 3 is 2.78 bits per heavy atom. The van der Waals surface area contributed by atoms with Crippen LogP contribution in [-0.2, 0) is 11.3 Å². The highest BCUT2D eigenvalue weighted by Crippen LogP contribution is 2.45. The number of methoxy groups -OCH3 is 1. The molecule has 1 fully saturated rings. The normalized spacial score (nSPS) is 16.3. The van der Waals surface area contributed by atoms with Gasteiger partial charge in [-0.15, -0.1) is 0 Å². The third kappa shape index (κ3) is 2.84. The van der Waals surface area contributed by atoms with E-state index in [-0.39, 0.29) is 0 Å². The van der Waals surface area contributed by atoms with Crippen LogP contribution in [0.2, 0.25) is 0 Å². The maximum Gasteiger partial charge on any atom is 0.310 e. The lowest BCUT2D eigenvalue weighted by Crippen LogP contribution is -2.29. The Morgan fingerprint density at radius 2 is 2.28 bits per heavy atom. The van der Waals surface area contributed by atoms with E-state index in [1.807, 2.05) is 18.2 Å². The highest BCUT2D eigenvalue weighted by molar-refractivity contribution is 9.10. The van der Waals surface area contributed by atoms with Gasteiger partial charge in [-0.25, -0.2) is 0 Å². The number of hydrogen-bond donors (Lipinski definition) is 2. The van der Waals surface area contributed by atoms with Gasteiger partial charge in [0.25, 0.3) is 0 Å². The highest BCUT2D eigenvalue weighted by atomic mass is 79.9. The van der Waals surface area contributed by atoms with Gasteiger partial charge in [0.05, 0.1) is 17.0 Å². The van der Waals surface area contributed by atoms with Crippen molar-refractivity contribution in [2.75, 3.05) is 13.7 Å². The van der Waals surface area contributed by atoms with Crippen LogP contribution in [0.15, 0.2) is 22.7 Å². The van der Waals surface area contributed by atoms with Crippen LogP contribution in [-0.4, -0.2) is 24.7 Å². The summed E-state index contributed by atoms with van der Waals surface area (Å²) in [5.74, 6) is 0.105. The molecule has 1 aromatic carbocycles. The van der Waals surface area contributed by atoms with Crippen molar-refractivity contribution < 1.29 is 14.6 Å². The summed E-state index contributed by atoms with van der Waals surface area (Å²) in [6.07, 6.45) is 1.56. The van der Waals surface area contributed by atoms with Crippen LogP contribution in [0, 0.1) is 5.41 Å². The van der Waals surface area contributed by atoms with Gasteiger partial charge in [0.2, 0.25) is 0 Å². The van der Waals surface area contributed by atoms with Crippen LogP contribution < -0.4 is 10.1 Å². The van der Waals surface area contributed by atoms with E-state index >= 15 is 0 Å². The summed E-state index contributed by atoms with van der Waals surface area (Å²) in [5, 5.41) is 12.3. The number of carbonyl (C=O) groups is 1. The largest absolute Gasteiger partial charge is 0.496 e. The van der Waals surface area contributed by atoms with E-state index in [9.17, 15) is 4.79 Å². The van der Waals surface area contributed by atoms with E-state index in [0.717, 1.165) is 28.6 Å². The molecule has 0 atom stereocenters. The molecule has 5 heteroatoms. The van der Waals surface area contributed by atoms with E-state index in [2.05, 4.69) is 21.2 Å². The molecule has 0 spiro atoms.